The van der Waals surface area contributed by atoms with Gasteiger partial charge in [-0.1, -0.05) is 42.0 Å². The second kappa shape index (κ2) is 5.84. The molecule has 1 nitrogen and oxygen atoms in total. The highest BCUT2D eigenvalue weighted by atomic mass is 35.5. The normalized spacial score (nSPS) is 19.0. The van der Waals surface area contributed by atoms with E-state index in [1.807, 2.05) is 0 Å². The zero-order valence-corrected chi connectivity index (χ0v) is 9.02. The molecule has 1 heterocycles. The second-order valence-electron chi connectivity index (χ2n) is 3.49. The average Bonchev–Trinajstić information content (AvgIpc) is 2.21. The van der Waals surface area contributed by atoms with Gasteiger partial charge in [-0.3, -0.25) is 0 Å². The first-order chi connectivity index (χ1) is 6.45. The molecule has 1 aromatic carbocycles. The van der Waals surface area contributed by atoms with Crippen molar-refractivity contribution in [3.05, 3.63) is 41.5 Å². The fraction of sp³-hybridized carbons (Fsp3) is 0.333. The third kappa shape index (κ3) is 3.17. The highest BCUT2D eigenvalue weighted by Crippen LogP contribution is 2.13. The molecule has 0 radical (unpaired) electrons. The van der Waals surface area contributed by atoms with Gasteiger partial charge in [-0.15, -0.1) is 12.4 Å². The van der Waals surface area contributed by atoms with Crippen LogP contribution in [0.15, 0.2) is 35.9 Å². The van der Waals surface area contributed by atoms with Gasteiger partial charge in [-0.05, 0) is 24.9 Å². The lowest BCUT2D eigenvalue weighted by Crippen LogP contribution is -2.23. The number of piperidine rings is 1. The number of rotatable bonds is 1. The van der Waals surface area contributed by atoms with E-state index in [-0.39, 0.29) is 12.4 Å². The maximum Gasteiger partial charge on any atom is 0.0167 e. The summed E-state index contributed by atoms with van der Waals surface area (Å²) >= 11 is 0. The summed E-state index contributed by atoms with van der Waals surface area (Å²) in [5.74, 6) is 0. The van der Waals surface area contributed by atoms with E-state index in [9.17, 15) is 0 Å². The number of nitrogens with one attached hydrogen (secondary N) is 1. The minimum atomic E-state index is 0. The van der Waals surface area contributed by atoms with Gasteiger partial charge in [-0.2, -0.15) is 0 Å². The van der Waals surface area contributed by atoms with E-state index >= 15 is 0 Å². The Morgan fingerprint density at radius 1 is 1.14 bits per heavy atom. The molecule has 0 bridgehead atoms. The summed E-state index contributed by atoms with van der Waals surface area (Å²) < 4.78 is 0. The molecule has 0 saturated carbocycles. The number of benzene rings is 1. The first kappa shape index (κ1) is 11.3. The molecule has 1 N–H and O–H groups in total. The van der Waals surface area contributed by atoms with Crippen LogP contribution < -0.4 is 5.32 Å². The first-order valence-corrected chi connectivity index (χ1v) is 4.90. The van der Waals surface area contributed by atoms with E-state index in [0.29, 0.717) is 0 Å². The van der Waals surface area contributed by atoms with Crippen LogP contribution in [0.3, 0.4) is 0 Å². The fourth-order valence-electron chi connectivity index (χ4n) is 1.69. The van der Waals surface area contributed by atoms with Crippen LogP contribution in [0.2, 0.25) is 0 Å². The van der Waals surface area contributed by atoms with Gasteiger partial charge < -0.3 is 5.32 Å². The van der Waals surface area contributed by atoms with E-state index < -0.39 is 0 Å². The van der Waals surface area contributed by atoms with Crippen LogP contribution >= 0.6 is 12.4 Å². The summed E-state index contributed by atoms with van der Waals surface area (Å²) in [4.78, 5) is 0. The molecule has 0 atom stereocenters. The summed E-state index contributed by atoms with van der Waals surface area (Å²) in [5, 5.41) is 3.39. The van der Waals surface area contributed by atoms with Crippen LogP contribution in [0, 0.1) is 0 Å². The molecule has 1 aliphatic rings. The van der Waals surface area contributed by atoms with Gasteiger partial charge in [0.2, 0.25) is 0 Å². The third-order valence-electron chi connectivity index (χ3n) is 2.37. The van der Waals surface area contributed by atoms with Crippen molar-refractivity contribution in [1.29, 1.82) is 0 Å². The monoisotopic (exact) mass is 209 g/mol. The number of hydrogen-bond acceptors (Lipinski definition) is 1. The van der Waals surface area contributed by atoms with E-state index in [1.54, 1.807) is 0 Å². The molecule has 76 valence electrons. The Morgan fingerprint density at radius 2 is 1.93 bits per heavy atom. The molecule has 1 fully saturated rings. The SMILES string of the molecule is C(=C1\CCCNC1)/c1ccccc1.Cl. The summed E-state index contributed by atoms with van der Waals surface area (Å²) in [6, 6.07) is 10.5. The second-order valence-corrected chi connectivity index (χ2v) is 3.49. The fourth-order valence-corrected chi connectivity index (χ4v) is 1.69. The Morgan fingerprint density at radius 3 is 2.57 bits per heavy atom. The van der Waals surface area contributed by atoms with Gasteiger partial charge in [0.15, 0.2) is 0 Å². The van der Waals surface area contributed by atoms with Crippen LogP contribution in [0.4, 0.5) is 0 Å². The number of hydrogen-bond donors (Lipinski definition) is 1. The zero-order chi connectivity index (χ0) is 8.93. The quantitative estimate of drug-likeness (QED) is 0.750. The molecule has 1 saturated heterocycles. The Bertz CT molecular complexity index is 284. The molecule has 1 aromatic rings. The first-order valence-electron chi connectivity index (χ1n) is 4.90. The van der Waals surface area contributed by atoms with Crippen molar-refractivity contribution in [2.75, 3.05) is 13.1 Å². The molecule has 0 aromatic heterocycles. The average molecular weight is 210 g/mol. The lowest BCUT2D eigenvalue weighted by atomic mass is 10.0. The van der Waals surface area contributed by atoms with Gasteiger partial charge in [0.05, 0.1) is 0 Å². The summed E-state index contributed by atoms with van der Waals surface area (Å²) in [5.41, 5.74) is 2.85. The van der Waals surface area contributed by atoms with Crippen molar-refractivity contribution in [1.82, 2.24) is 5.32 Å². The molecule has 14 heavy (non-hydrogen) atoms. The van der Waals surface area contributed by atoms with Crippen molar-refractivity contribution in [2.45, 2.75) is 12.8 Å². The summed E-state index contributed by atoms with van der Waals surface area (Å²) in [7, 11) is 0. The predicted octanol–water partition coefficient (Wildman–Crippen LogP) is 2.88. The zero-order valence-electron chi connectivity index (χ0n) is 8.20. The van der Waals surface area contributed by atoms with Gasteiger partial charge >= 0.3 is 0 Å². The Labute approximate surface area is 91.6 Å². The Hall–Kier alpha value is -0.790. The van der Waals surface area contributed by atoms with Crippen LogP contribution in [0.5, 0.6) is 0 Å². The minimum Gasteiger partial charge on any atom is -0.313 e. The van der Waals surface area contributed by atoms with Crippen molar-refractivity contribution in [3.63, 3.8) is 0 Å². The highest BCUT2D eigenvalue weighted by molar-refractivity contribution is 5.85. The summed E-state index contributed by atoms with van der Waals surface area (Å²) in [6.07, 6.45) is 4.83. The van der Waals surface area contributed by atoms with Gasteiger partial charge in [0.1, 0.15) is 0 Å². The van der Waals surface area contributed by atoms with Gasteiger partial charge in [0.25, 0.3) is 0 Å². The number of halogens is 1. The van der Waals surface area contributed by atoms with Gasteiger partial charge in [0, 0.05) is 6.54 Å². The molecule has 0 spiro atoms. The lowest BCUT2D eigenvalue weighted by Gasteiger charge is -2.15. The Kier molecular flexibility index (Phi) is 4.71. The minimum absolute atomic E-state index is 0. The largest absolute Gasteiger partial charge is 0.313 e. The van der Waals surface area contributed by atoms with E-state index in [4.69, 9.17) is 0 Å². The molecule has 0 amide bonds. The maximum absolute atomic E-state index is 3.39. The van der Waals surface area contributed by atoms with E-state index in [1.165, 1.54) is 30.5 Å². The van der Waals surface area contributed by atoms with Crippen LogP contribution in [0.1, 0.15) is 18.4 Å². The Balaban J connectivity index is 0.000000980. The third-order valence-corrected chi connectivity index (χ3v) is 2.37. The molecule has 0 unspecified atom stereocenters. The van der Waals surface area contributed by atoms with Gasteiger partial charge in [-0.25, -0.2) is 0 Å². The van der Waals surface area contributed by atoms with Crippen molar-refractivity contribution in [3.8, 4) is 0 Å². The highest BCUT2D eigenvalue weighted by Gasteiger charge is 2.03. The molecular weight excluding hydrogens is 194 g/mol. The maximum atomic E-state index is 3.39. The predicted molar refractivity (Wildman–Crippen MR) is 63.8 cm³/mol. The molecule has 1 aliphatic heterocycles. The van der Waals surface area contributed by atoms with E-state index in [0.717, 1.165) is 6.54 Å². The van der Waals surface area contributed by atoms with E-state index in [2.05, 4.69) is 41.7 Å². The lowest BCUT2D eigenvalue weighted by molar-refractivity contribution is 0.613. The summed E-state index contributed by atoms with van der Waals surface area (Å²) in [6.45, 7) is 2.24. The molecular formula is C12H16ClN. The standard InChI is InChI=1S/C12H15N.ClH/c1-2-5-11(6-3-1)9-12-7-4-8-13-10-12;/h1-3,5-6,9,13H,4,7-8,10H2;1H/b12-9-;. The van der Waals surface area contributed by atoms with Crippen molar-refractivity contribution in [2.24, 2.45) is 0 Å². The topological polar surface area (TPSA) is 12.0 Å². The van der Waals surface area contributed by atoms with Crippen LogP contribution in [-0.4, -0.2) is 13.1 Å². The molecule has 0 aliphatic carbocycles. The van der Waals surface area contributed by atoms with Crippen molar-refractivity contribution < 1.29 is 0 Å². The smallest absolute Gasteiger partial charge is 0.0167 e. The molecule has 2 heteroatoms. The van der Waals surface area contributed by atoms with Crippen LogP contribution in [0.25, 0.3) is 6.08 Å². The molecule has 2 rings (SSSR count). The van der Waals surface area contributed by atoms with Crippen LogP contribution in [-0.2, 0) is 0 Å². The van der Waals surface area contributed by atoms with Crippen molar-refractivity contribution >= 4 is 18.5 Å².